The van der Waals surface area contributed by atoms with Crippen molar-refractivity contribution in [3.05, 3.63) is 31.2 Å². The second-order valence-electron chi connectivity index (χ2n) is 5.36. The Kier molecular flexibility index (Phi) is 6.53. The van der Waals surface area contributed by atoms with E-state index >= 15 is 0 Å². The van der Waals surface area contributed by atoms with Gasteiger partial charge in [0.25, 0.3) is 0 Å². The first-order valence-corrected chi connectivity index (χ1v) is 9.51. The van der Waals surface area contributed by atoms with E-state index in [-0.39, 0.29) is 0 Å². The molecule has 126 valence electrons. The fourth-order valence-electron chi connectivity index (χ4n) is 2.15. The van der Waals surface area contributed by atoms with Gasteiger partial charge in [-0.1, -0.05) is 0 Å². The molecule has 0 saturated carbocycles. The van der Waals surface area contributed by atoms with Gasteiger partial charge >= 0.3 is 0 Å². The molecule has 0 saturated heterocycles. The van der Waals surface area contributed by atoms with E-state index in [1.165, 1.54) is 14.8 Å². The van der Waals surface area contributed by atoms with E-state index in [2.05, 4.69) is 46.4 Å². The van der Waals surface area contributed by atoms with Gasteiger partial charge in [-0.05, 0) is 34.6 Å². The number of hydrogen-bond donors (Lipinski definition) is 2. The molecule has 0 unspecified atom stereocenters. The van der Waals surface area contributed by atoms with Crippen LogP contribution in [0.25, 0.3) is 0 Å². The highest BCUT2D eigenvalue weighted by molar-refractivity contribution is 7.11. The predicted molar refractivity (Wildman–Crippen MR) is 99.7 cm³/mol. The van der Waals surface area contributed by atoms with Gasteiger partial charge in [0, 0.05) is 29.3 Å². The average molecular weight is 352 g/mol. The Morgan fingerprint density at radius 1 is 1.04 bits per heavy atom. The summed E-state index contributed by atoms with van der Waals surface area (Å²) >= 11 is 3.49. The summed E-state index contributed by atoms with van der Waals surface area (Å²) in [5.41, 5.74) is 2.22. The molecule has 0 aromatic carbocycles. The van der Waals surface area contributed by atoms with Crippen molar-refractivity contribution in [1.29, 1.82) is 0 Å². The Bertz CT molecular complexity index is 653. The summed E-state index contributed by atoms with van der Waals surface area (Å²) in [5, 5.41) is 8.95. The van der Waals surface area contributed by atoms with Crippen molar-refractivity contribution < 1.29 is 0 Å². The third-order valence-corrected chi connectivity index (χ3v) is 5.62. The van der Waals surface area contributed by atoms with Gasteiger partial charge in [0.15, 0.2) is 5.96 Å². The highest BCUT2D eigenvalue weighted by Crippen LogP contribution is 2.18. The smallest absolute Gasteiger partial charge is 0.191 e. The first-order valence-electron chi connectivity index (χ1n) is 7.87. The SMILES string of the molecule is CCNC(=NCc1sc(C)nc1C)NCCc1nc(C)c(C)s1. The zero-order valence-electron chi connectivity index (χ0n) is 14.5. The molecule has 0 aliphatic rings. The normalized spacial score (nSPS) is 11.8. The lowest BCUT2D eigenvalue weighted by Gasteiger charge is -2.10. The Labute approximate surface area is 146 Å². The Morgan fingerprint density at radius 3 is 2.39 bits per heavy atom. The lowest BCUT2D eigenvalue weighted by Crippen LogP contribution is -2.38. The molecule has 0 radical (unpaired) electrons. The highest BCUT2D eigenvalue weighted by atomic mass is 32.1. The van der Waals surface area contributed by atoms with Crippen molar-refractivity contribution in [3.63, 3.8) is 0 Å². The number of aliphatic imine (C=N–C) groups is 1. The second-order valence-corrected chi connectivity index (χ2v) is 7.94. The fourth-order valence-corrected chi connectivity index (χ4v) is 3.94. The molecule has 0 spiro atoms. The molecule has 2 aromatic heterocycles. The lowest BCUT2D eigenvalue weighted by atomic mass is 10.4. The standard InChI is InChI=1S/C16H25N5S2/c1-6-17-16(19-9-14-11(3)20-13(5)23-14)18-8-7-15-21-10(2)12(4)22-15/h6-9H2,1-5H3,(H2,17,18,19). The number of rotatable bonds is 6. The fraction of sp³-hybridized carbons (Fsp3) is 0.562. The van der Waals surface area contributed by atoms with E-state index in [1.54, 1.807) is 22.7 Å². The van der Waals surface area contributed by atoms with E-state index in [4.69, 9.17) is 0 Å². The number of nitrogens with zero attached hydrogens (tertiary/aromatic N) is 3. The number of guanidine groups is 1. The average Bonchev–Trinajstić information content (AvgIpc) is 2.98. The first kappa shape index (κ1) is 17.9. The first-order chi connectivity index (χ1) is 11.0. The molecule has 0 bridgehead atoms. The van der Waals surface area contributed by atoms with Crippen molar-refractivity contribution in [2.24, 2.45) is 4.99 Å². The van der Waals surface area contributed by atoms with Crippen LogP contribution in [-0.2, 0) is 13.0 Å². The van der Waals surface area contributed by atoms with Crippen LogP contribution >= 0.6 is 22.7 Å². The van der Waals surface area contributed by atoms with E-state index in [0.717, 1.165) is 41.9 Å². The van der Waals surface area contributed by atoms with E-state index < -0.39 is 0 Å². The van der Waals surface area contributed by atoms with Gasteiger partial charge in [-0.2, -0.15) is 0 Å². The largest absolute Gasteiger partial charge is 0.357 e. The minimum absolute atomic E-state index is 0.669. The van der Waals surface area contributed by atoms with Crippen LogP contribution in [0.15, 0.2) is 4.99 Å². The number of aromatic nitrogens is 2. The maximum absolute atomic E-state index is 4.66. The summed E-state index contributed by atoms with van der Waals surface area (Å²) in [6, 6.07) is 0. The van der Waals surface area contributed by atoms with Gasteiger partial charge in [-0.25, -0.2) is 15.0 Å². The van der Waals surface area contributed by atoms with Gasteiger partial charge < -0.3 is 10.6 Å². The predicted octanol–water partition coefficient (Wildman–Crippen LogP) is 3.13. The minimum atomic E-state index is 0.669. The van der Waals surface area contributed by atoms with Gasteiger partial charge in [0.1, 0.15) is 0 Å². The summed E-state index contributed by atoms with van der Waals surface area (Å²) in [6.07, 6.45) is 0.919. The summed E-state index contributed by atoms with van der Waals surface area (Å²) < 4.78 is 0. The van der Waals surface area contributed by atoms with Crippen molar-refractivity contribution in [3.8, 4) is 0 Å². The summed E-state index contributed by atoms with van der Waals surface area (Å²) in [7, 11) is 0. The van der Waals surface area contributed by atoms with Gasteiger partial charge in [0.2, 0.25) is 0 Å². The molecule has 0 amide bonds. The summed E-state index contributed by atoms with van der Waals surface area (Å²) in [6.45, 7) is 12.7. The van der Waals surface area contributed by atoms with Crippen molar-refractivity contribution in [2.75, 3.05) is 13.1 Å². The Hall–Kier alpha value is -1.47. The van der Waals surface area contributed by atoms with Crippen molar-refractivity contribution in [2.45, 2.75) is 47.6 Å². The second kappa shape index (κ2) is 8.40. The maximum Gasteiger partial charge on any atom is 0.191 e. The molecular formula is C16H25N5S2. The number of aryl methyl sites for hydroxylation is 4. The molecule has 0 aliphatic heterocycles. The van der Waals surface area contributed by atoms with E-state index in [0.29, 0.717) is 6.54 Å². The lowest BCUT2D eigenvalue weighted by molar-refractivity contribution is 0.796. The van der Waals surface area contributed by atoms with Crippen LogP contribution in [0, 0.1) is 27.7 Å². The van der Waals surface area contributed by atoms with Crippen LogP contribution in [0.3, 0.4) is 0 Å². The quantitative estimate of drug-likeness (QED) is 0.620. The summed E-state index contributed by atoms with van der Waals surface area (Å²) in [4.78, 5) is 16.2. The minimum Gasteiger partial charge on any atom is -0.357 e. The van der Waals surface area contributed by atoms with Gasteiger partial charge in [-0.3, -0.25) is 0 Å². The van der Waals surface area contributed by atoms with E-state index in [1.807, 2.05) is 13.8 Å². The molecule has 7 heteroatoms. The molecule has 5 nitrogen and oxygen atoms in total. The van der Waals surface area contributed by atoms with Crippen LogP contribution in [-0.4, -0.2) is 29.0 Å². The van der Waals surface area contributed by atoms with Crippen molar-refractivity contribution in [1.82, 2.24) is 20.6 Å². The van der Waals surface area contributed by atoms with Gasteiger partial charge in [0.05, 0.1) is 27.9 Å². The van der Waals surface area contributed by atoms with Crippen LogP contribution in [0.1, 0.15) is 38.1 Å². The molecular weight excluding hydrogens is 326 g/mol. The number of nitrogens with one attached hydrogen (secondary N) is 2. The monoisotopic (exact) mass is 351 g/mol. The molecule has 2 aromatic rings. The third kappa shape index (κ3) is 5.28. The third-order valence-electron chi connectivity index (χ3n) is 3.43. The summed E-state index contributed by atoms with van der Waals surface area (Å²) in [5.74, 6) is 0.850. The highest BCUT2D eigenvalue weighted by Gasteiger charge is 2.06. The van der Waals surface area contributed by atoms with Crippen LogP contribution in [0.4, 0.5) is 0 Å². The zero-order valence-corrected chi connectivity index (χ0v) is 16.1. The van der Waals surface area contributed by atoms with Crippen LogP contribution in [0.2, 0.25) is 0 Å². The molecule has 2 N–H and O–H groups in total. The number of thiazole rings is 2. The maximum atomic E-state index is 4.66. The molecule has 2 rings (SSSR count). The van der Waals surface area contributed by atoms with Crippen LogP contribution in [0.5, 0.6) is 0 Å². The molecule has 2 heterocycles. The molecule has 0 aliphatic carbocycles. The number of hydrogen-bond acceptors (Lipinski definition) is 5. The zero-order chi connectivity index (χ0) is 16.8. The van der Waals surface area contributed by atoms with E-state index in [9.17, 15) is 0 Å². The molecule has 0 atom stereocenters. The molecule has 23 heavy (non-hydrogen) atoms. The molecule has 0 fully saturated rings. The van der Waals surface area contributed by atoms with Crippen LogP contribution < -0.4 is 10.6 Å². The Morgan fingerprint density at radius 2 is 1.83 bits per heavy atom. The topological polar surface area (TPSA) is 62.2 Å². The van der Waals surface area contributed by atoms with Gasteiger partial charge in [-0.15, -0.1) is 22.7 Å². The Balaban J connectivity index is 1.90. The van der Waals surface area contributed by atoms with Crippen molar-refractivity contribution >= 4 is 28.6 Å².